The van der Waals surface area contributed by atoms with Gasteiger partial charge in [-0.25, -0.2) is 13.8 Å². The molecule has 0 N–H and O–H groups in total. The molecule has 142 valence electrons. The van der Waals surface area contributed by atoms with E-state index in [2.05, 4.69) is 4.98 Å². The first kappa shape index (κ1) is 17.2. The van der Waals surface area contributed by atoms with Gasteiger partial charge in [0.15, 0.2) is 5.78 Å². The molecule has 0 aliphatic heterocycles. The molecule has 1 heterocycles. The van der Waals surface area contributed by atoms with Crippen LogP contribution < -0.4 is 5.56 Å². The van der Waals surface area contributed by atoms with Crippen molar-refractivity contribution >= 4 is 16.8 Å². The maximum absolute atomic E-state index is 13.2. The molecule has 3 saturated carbocycles. The van der Waals surface area contributed by atoms with Crippen molar-refractivity contribution in [3.05, 3.63) is 76.2 Å². The average Bonchev–Trinajstić information content (AvgIpc) is 2.63. The second-order valence-corrected chi connectivity index (χ2v) is 8.10. The van der Waals surface area contributed by atoms with Crippen LogP contribution in [0.25, 0.3) is 11.0 Å². The molecule has 6 heteroatoms. The molecule has 28 heavy (non-hydrogen) atoms. The van der Waals surface area contributed by atoms with Crippen molar-refractivity contribution < 1.29 is 13.6 Å². The van der Waals surface area contributed by atoms with Crippen molar-refractivity contribution in [3.63, 3.8) is 0 Å². The Balaban J connectivity index is 1.58. The highest BCUT2D eigenvalue weighted by molar-refractivity contribution is 5.96. The Labute approximate surface area is 159 Å². The summed E-state index contributed by atoms with van der Waals surface area (Å²) in [4.78, 5) is 30.5. The van der Waals surface area contributed by atoms with Gasteiger partial charge in [-0.1, -0.05) is 42.5 Å². The van der Waals surface area contributed by atoms with Gasteiger partial charge in [0.05, 0.1) is 17.6 Å². The number of aromatic nitrogens is 2. The minimum Gasteiger partial charge on any atom is -0.297 e. The van der Waals surface area contributed by atoms with Gasteiger partial charge in [-0.2, -0.15) is 0 Å². The van der Waals surface area contributed by atoms with Crippen LogP contribution in [0.15, 0.2) is 59.4 Å². The molecule has 3 aliphatic rings. The number of fused-ring (bicyclic) bond motifs is 1. The molecule has 3 aliphatic carbocycles. The first-order chi connectivity index (χ1) is 13.4. The Morgan fingerprint density at radius 2 is 1.68 bits per heavy atom. The van der Waals surface area contributed by atoms with Crippen LogP contribution in [-0.4, -0.2) is 21.8 Å². The molecule has 0 radical (unpaired) electrons. The topological polar surface area (TPSA) is 52.0 Å². The summed E-state index contributed by atoms with van der Waals surface area (Å²) in [5.41, 5.74) is 0.197. The normalized spacial score (nSPS) is 25.4. The van der Waals surface area contributed by atoms with E-state index in [0.29, 0.717) is 41.6 Å². The molecule has 3 fully saturated rings. The fourth-order valence-electron chi connectivity index (χ4n) is 4.90. The lowest BCUT2D eigenvalue weighted by molar-refractivity contribution is -0.223. The van der Waals surface area contributed by atoms with E-state index in [1.54, 1.807) is 42.5 Å². The molecule has 0 spiro atoms. The molecule has 6 rings (SSSR count). The van der Waals surface area contributed by atoms with E-state index >= 15 is 0 Å². The lowest BCUT2D eigenvalue weighted by Crippen LogP contribution is -2.69. The summed E-state index contributed by atoms with van der Waals surface area (Å²) in [6.07, 6.45) is -1.47. The number of ketones is 1. The maximum atomic E-state index is 13.2. The van der Waals surface area contributed by atoms with Crippen LogP contribution in [0.2, 0.25) is 0 Å². The van der Waals surface area contributed by atoms with E-state index in [1.165, 1.54) is 4.57 Å². The highest BCUT2D eigenvalue weighted by atomic mass is 19.3. The van der Waals surface area contributed by atoms with Crippen molar-refractivity contribution in [2.45, 2.75) is 37.6 Å². The first-order valence-corrected chi connectivity index (χ1v) is 9.31. The third-order valence-electron chi connectivity index (χ3n) is 6.29. The third-order valence-corrected chi connectivity index (χ3v) is 6.29. The van der Waals surface area contributed by atoms with Crippen LogP contribution in [0.5, 0.6) is 0 Å². The van der Waals surface area contributed by atoms with Gasteiger partial charge >= 0.3 is 0 Å². The largest absolute Gasteiger partial charge is 0.297 e. The van der Waals surface area contributed by atoms with Crippen LogP contribution >= 0.6 is 0 Å². The molecule has 3 aromatic rings. The molecule has 0 atom stereocenters. The standard InChI is InChI=1S/C22H18F2N2O2/c23-20(24)22-11-21(12-22,13-22)18-19(28)26(16-9-5-4-8-15(16)25-18)10-17(27)14-6-2-1-3-7-14/h1-9,20H,10-13H2. The summed E-state index contributed by atoms with van der Waals surface area (Å²) in [7, 11) is 0. The van der Waals surface area contributed by atoms with E-state index < -0.39 is 17.3 Å². The fourth-order valence-corrected chi connectivity index (χ4v) is 4.90. The highest BCUT2D eigenvalue weighted by Gasteiger charge is 2.73. The Hall–Kier alpha value is -2.89. The van der Waals surface area contributed by atoms with Gasteiger partial charge in [0, 0.05) is 16.4 Å². The van der Waals surface area contributed by atoms with Crippen LogP contribution in [0.1, 0.15) is 35.3 Å². The second kappa shape index (κ2) is 5.80. The number of rotatable bonds is 5. The van der Waals surface area contributed by atoms with Gasteiger partial charge in [-0.3, -0.25) is 14.2 Å². The zero-order valence-electron chi connectivity index (χ0n) is 15.1. The van der Waals surface area contributed by atoms with Crippen molar-refractivity contribution in [1.82, 2.24) is 9.55 Å². The van der Waals surface area contributed by atoms with E-state index in [1.807, 2.05) is 12.1 Å². The summed E-state index contributed by atoms with van der Waals surface area (Å²) in [6, 6.07) is 16.0. The zero-order chi connectivity index (χ0) is 19.5. The predicted molar refractivity (Wildman–Crippen MR) is 101 cm³/mol. The number of halogens is 2. The van der Waals surface area contributed by atoms with Gasteiger partial charge < -0.3 is 0 Å². The number of benzene rings is 2. The Morgan fingerprint density at radius 1 is 1.04 bits per heavy atom. The molecule has 2 bridgehead atoms. The molecule has 4 nitrogen and oxygen atoms in total. The van der Waals surface area contributed by atoms with Gasteiger partial charge in [0.2, 0.25) is 6.43 Å². The summed E-state index contributed by atoms with van der Waals surface area (Å²) in [6.45, 7) is -0.102. The molecule has 0 saturated heterocycles. The number of carbonyl (C=O) groups excluding carboxylic acids is 1. The lowest BCUT2D eigenvalue weighted by atomic mass is 9.34. The second-order valence-electron chi connectivity index (χ2n) is 8.10. The Kier molecular flexibility index (Phi) is 3.57. The monoisotopic (exact) mass is 380 g/mol. The quantitative estimate of drug-likeness (QED) is 0.630. The summed E-state index contributed by atoms with van der Waals surface area (Å²) >= 11 is 0. The van der Waals surface area contributed by atoms with Gasteiger partial charge in [-0.05, 0) is 31.4 Å². The van der Waals surface area contributed by atoms with Crippen LogP contribution in [0.4, 0.5) is 8.78 Å². The SMILES string of the molecule is O=C(Cn1c(=O)c(C23CC(C(F)F)(C2)C3)nc2ccccc21)c1ccccc1. The molecule has 1 aromatic heterocycles. The molecule has 0 unspecified atom stereocenters. The number of para-hydroxylation sites is 2. The van der Waals surface area contributed by atoms with Crippen LogP contribution in [0, 0.1) is 5.41 Å². The van der Waals surface area contributed by atoms with E-state index in [-0.39, 0.29) is 17.9 Å². The van der Waals surface area contributed by atoms with Crippen molar-refractivity contribution in [1.29, 1.82) is 0 Å². The van der Waals surface area contributed by atoms with Crippen molar-refractivity contribution in [2.24, 2.45) is 5.41 Å². The zero-order valence-corrected chi connectivity index (χ0v) is 15.1. The van der Waals surface area contributed by atoms with Gasteiger partial charge in [-0.15, -0.1) is 0 Å². The Bertz CT molecular complexity index is 1130. The molecule has 0 amide bonds. The maximum Gasteiger partial charge on any atom is 0.273 e. The number of alkyl halides is 2. The number of carbonyl (C=O) groups is 1. The van der Waals surface area contributed by atoms with Crippen LogP contribution in [-0.2, 0) is 12.0 Å². The summed E-state index contributed by atoms with van der Waals surface area (Å²) in [5.74, 6) is -0.174. The predicted octanol–water partition coefficient (Wildman–Crippen LogP) is 3.97. The highest BCUT2D eigenvalue weighted by Crippen LogP contribution is 2.74. The number of hydrogen-bond donors (Lipinski definition) is 0. The number of hydrogen-bond acceptors (Lipinski definition) is 3. The third kappa shape index (κ3) is 2.30. The first-order valence-electron chi connectivity index (χ1n) is 9.31. The molecular weight excluding hydrogens is 362 g/mol. The average molecular weight is 380 g/mol. The fraction of sp³-hybridized carbons (Fsp3) is 0.318. The summed E-state index contributed by atoms with van der Waals surface area (Å²) in [5, 5.41) is 0. The molecule has 2 aromatic carbocycles. The van der Waals surface area contributed by atoms with Gasteiger partial charge in [0.1, 0.15) is 5.69 Å². The van der Waals surface area contributed by atoms with Crippen LogP contribution in [0.3, 0.4) is 0 Å². The number of nitrogens with zero attached hydrogens (tertiary/aromatic N) is 2. The molecular formula is C22H18F2N2O2. The lowest BCUT2D eigenvalue weighted by Gasteiger charge is -2.69. The Morgan fingerprint density at radius 3 is 2.36 bits per heavy atom. The van der Waals surface area contributed by atoms with Crippen molar-refractivity contribution in [2.75, 3.05) is 0 Å². The van der Waals surface area contributed by atoms with E-state index in [0.717, 1.165) is 0 Å². The van der Waals surface area contributed by atoms with Crippen molar-refractivity contribution in [3.8, 4) is 0 Å². The summed E-state index contributed by atoms with van der Waals surface area (Å²) < 4.78 is 27.9. The van der Waals surface area contributed by atoms with E-state index in [9.17, 15) is 18.4 Å². The number of Topliss-reactive ketones (excluding diaryl/α,β-unsaturated/α-hetero) is 1. The minimum absolute atomic E-state index is 0.102. The van der Waals surface area contributed by atoms with Gasteiger partial charge in [0.25, 0.3) is 5.56 Å². The van der Waals surface area contributed by atoms with E-state index in [4.69, 9.17) is 0 Å². The smallest absolute Gasteiger partial charge is 0.273 e. The minimum atomic E-state index is -2.36.